The van der Waals surface area contributed by atoms with Gasteiger partial charge in [-0.05, 0) is 42.8 Å². The second-order valence-corrected chi connectivity index (χ2v) is 5.61. The molecule has 0 saturated carbocycles. The summed E-state index contributed by atoms with van der Waals surface area (Å²) in [5.74, 6) is -0.148. The predicted molar refractivity (Wildman–Crippen MR) is 92.3 cm³/mol. The van der Waals surface area contributed by atoms with Crippen molar-refractivity contribution < 1.29 is 4.79 Å². The Kier molecular flexibility index (Phi) is 4.44. The Labute approximate surface area is 139 Å². The number of nitrogens with one attached hydrogen (secondary N) is 1. The van der Waals surface area contributed by atoms with E-state index < -0.39 is 0 Å². The molecule has 3 rings (SSSR count). The van der Waals surface area contributed by atoms with Crippen molar-refractivity contribution in [2.75, 3.05) is 0 Å². The largest absolute Gasteiger partial charge is 0.347 e. The molecule has 2 heterocycles. The fourth-order valence-corrected chi connectivity index (χ4v) is 2.48. The summed E-state index contributed by atoms with van der Waals surface area (Å²) in [4.78, 5) is 16.4. The summed E-state index contributed by atoms with van der Waals surface area (Å²) in [6, 6.07) is 13.1. The second kappa shape index (κ2) is 6.67. The maximum absolute atomic E-state index is 12.0. The fraction of sp³-hybridized carbons (Fsp3) is 0.111. The molecular weight excluding hydrogens is 310 g/mol. The number of fused-ring (bicyclic) bond motifs is 1. The summed E-state index contributed by atoms with van der Waals surface area (Å²) >= 11 is 5.83. The summed E-state index contributed by atoms with van der Waals surface area (Å²) in [6.45, 7) is 2.37. The van der Waals surface area contributed by atoms with Crippen LogP contribution >= 0.6 is 11.6 Å². The Morgan fingerprint density at radius 3 is 2.83 bits per heavy atom. The van der Waals surface area contributed by atoms with Crippen molar-refractivity contribution >= 4 is 29.2 Å². The van der Waals surface area contributed by atoms with Gasteiger partial charge in [0, 0.05) is 17.3 Å². The standard InChI is InChI=1S/C18H16ClN3O/c1-13-16(22-11-3-2-4-17(22)21-13)12-20-18(23)10-7-14-5-8-15(19)9-6-14/h2-11H,12H2,1H3,(H,20,23)/b10-7+. The molecule has 2 aromatic heterocycles. The summed E-state index contributed by atoms with van der Waals surface area (Å²) in [7, 11) is 0. The van der Waals surface area contributed by atoms with Gasteiger partial charge in [0.25, 0.3) is 0 Å². The van der Waals surface area contributed by atoms with Gasteiger partial charge in [0.05, 0.1) is 17.9 Å². The Bertz CT molecular complexity index is 866. The zero-order valence-corrected chi connectivity index (χ0v) is 13.4. The van der Waals surface area contributed by atoms with Gasteiger partial charge >= 0.3 is 0 Å². The number of amides is 1. The SMILES string of the molecule is Cc1nc2ccccn2c1CNC(=O)/C=C/c1ccc(Cl)cc1. The Hall–Kier alpha value is -2.59. The Morgan fingerprint density at radius 2 is 2.04 bits per heavy atom. The molecule has 0 radical (unpaired) electrons. The highest BCUT2D eigenvalue weighted by molar-refractivity contribution is 6.30. The molecular formula is C18H16ClN3O. The molecule has 4 nitrogen and oxygen atoms in total. The molecule has 0 aliphatic carbocycles. The molecule has 1 amide bonds. The molecule has 0 spiro atoms. The average Bonchev–Trinajstić information content (AvgIpc) is 2.87. The number of aryl methyl sites for hydroxylation is 1. The first-order chi connectivity index (χ1) is 11.1. The van der Waals surface area contributed by atoms with Gasteiger partial charge in [-0.2, -0.15) is 0 Å². The molecule has 0 bridgehead atoms. The second-order valence-electron chi connectivity index (χ2n) is 5.18. The van der Waals surface area contributed by atoms with Crippen molar-refractivity contribution in [3.8, 4) is 0 Å². The maximum Gasteiger partial charge on any atom is 0.244 e. The lowest BCUT2D eigenvalue weighted by Crippen LogP contribution is -2.21. The quantitative estimate of drug-likeness (QED) is 0.745. The van der Waals surface area contributed by atoms with E-state index in [0.29, 0.717) is 11.6 Å². The third-order valence-electron chi connectivity index (χ3n) is 3.56. The van der Waals surface area contributed by atoms with Gasteiger partial charge in [-0.1, -0.05) is 29.8 Å². The van der Waals surface area contributed by atoms with Crippen LogP contribution in [-0.2, 0) is 11.3 Å². The van der Waals surface area contributed by atoms with Crippen LogP contribution in [0.15, 0.2) is 54.7 Å². The lowest BCUT2D eigenvalue weighted by atomic mass is 10.2. The lowest BCUT2D eigenvalue weighted by Gasteiger charge is -2.04. The highest BCUT2D eigenvalue weighted by Gasteiger charge is 2.08. The zero-order chi connectivity index (χ0) is 16.2. The van der Waals surface area contributed by atoms with E-state index >= 15 is 0 Å². The zero-order valence-electron chi connectivity index (χ0n) is 12.7. The number of pyridine rings is 1. The number of nitrogens with zero attached hydrogens (tertiary/aromatic N) is 2. The van der Waals surface area contributed by atoms with E-state index in [9.17, 15) is 4.79 Å². The van der Waals surface area contributed by atoms with Gasteiger partial charge in [0.2, 0.25) is 5.91 Å². The molecule has 0 aliphatic rings. The Morgan fingerprint density at radius 1 is 1.26 bits per heavy atom. The highest BCUT2D eigenvalue weighted by atomic mass is 35.5. The van der Waals surface area contributed by atoms with Crippen LogP contribution in [0.3, 0.4) is 0 Å². The van der Waals surface area contributed by atoms with E-state index in [-0.39, 0.29) is 5.91 Å². The lowest BCUT2D eigenvalue weighted by molar-refractivity contribution is -0.116. The van der Waals surface area contributed by atoms with E-state index in [2.05, 4.69) is 10.3 Å². The first kappa shape index (κ1) is 15.3. The van der Waals surface area contributed by atoms with Crippen LogP contribution in [0.4, 0.5) is 0 Å². The normalized spacial score (nSPS) is 11.2. The van der Waals surface area contributed by atoms with Crippen LogP contribution < -0.4 is 5.32 Å². The summed E-state index contributed by atoms with van der Waals surface area (Å²) in [6.07, 6.45) is 5.22. The van der Waals surface area contributed by atoms with Gasteiger partial charge in [0.15, 0.2) is 0 Å². The van der Waals surface area contributed by atoms with Crippen molar-refractivity contribution in [2.24, 2.45) is 0 Å². The smallest absolute Gasteiger partial charge is 0.244 e. The number of carbonyl (C=O) groups excluding carboxylic acids is 1. The number of hydrogen-bond acceptors (Lipinski definition) is 2. The van der Waals surface area contributed by atoms with Gasteiger partial charge in [-0.3, -0.25) is 4.79 Å². The van der Waals surface area contributed by atoms with E-state index in [1.807, 2.05) is 47.9 Å². The molecule has 1 N–H and O–H groups in total. The number of imidazole rings is 1. The van der Waals surface area contributed by atoms with Crippen LogP contribution in [0.2, 0.25) is 5.02 Å². The molecule has 0 saturated heterocycles. The topological polar surface area (TPSA) is 46.4 Å². The third kappa shape index (κ3) is 3.60. The molecule has 1 aromatic carbocycles. The number of rotatable bonds is 4. The molecule has 23 heavy (non-hydrogen) atoms. The van der Waals surface area contributed by atoms with Gasteiger partial charge in [-0.15, -0.1) is 0 Å². The summed E-state index contributed by atoms with van der Waals surface area (Å²) in [5.41, 5.74) is 3.70. The molecule has 116 valence electrons. The summed E-state index contributed by atoms with van der Waals surface area (Å²) in [5, 5.41) is 3.56. The molecule has 0 unspecified atom stereocenters. The maximum atomic E-state index is 12.0. The highest BCUT2D eigenvalue weighted by Crippen LogP contribution is 2.12. The molecule has 5 heteroatoms. The molecule has 0 fully saturated rings. The van der Waals surface area contributed by atoms with E-state index in [1.165, 1.54) is 6.08 Å². The van der Waals surface area contributed by atoms with Gasteiger partial charge < -0.3 is 9.72 Å². The minimum Gasteiger partial charge on any atom is -0.347 e. The van der Waals surface area contributed by atoms with Crippen LogP contribution in [0, 0.1) is 6.92 Å². The van der Waals surface area contributed by atoms with E-state index in [4.69, 9.17) is 11.6 Å². The van der Waals surface area contributed by atoms with Gasteiger partial charge in [-0.25, -0.2) is 4.98 Å². The van der Waals surface area contributed by atoms with Crippen LogP contribution in [0.25, 0.3) is 11.7 Å². The minimum atomic E-state index is -0.148. The third-order valence-corrected chi connectivity index (χ3v) is 3.81. The van der Waals surface area contributed by atoms with Crippen molar-refractivity contribution in [1.29, 1.82) is 0 Å². The van der Waals surface area contributed by atoms with Crippen molar-refractivity contribution in [3.63, 3.8) is 0 Å². The molecule has 0 atom stereocenters. The number of benzene rings is 1. The number of carbonyl (C=O) groups is 1. The van der Waals surface area contributed by atoms with E-state index in [0.717, 1.165) is 22.6 Å². The Balaban J connectivity index is 1.66. The fourth-order valence-electron chi connectivity index (χ4n) is 2.35. The number of halogens is 1. The van der Waals surface area contributed by atoms with Crippen LogP contribution in [0.1, 0.15) is 17.0 Å². The monoisotopic (exact) mass is 325 g/mol. The number of hydrogen-bond donors (Lipinski definition) is 1. The van der Waals surface area contributed by atoms with Gasteiger partial charge in [0.1, 0.15) is 5.65 Å². The molecule has 3 aromatic rings. The average molecular weight is 326 g/mol. The van der Waals surface area contributed by atoms with Crippen molar-refractivity contribution in [2.45, 2.75) is 13.5 Å². The predicted octanol–water partition coefficient (Wildman–Crippen LogP) is 3.63. The number of aromatic nitrogens is 2. The molecule has 0 aliphatic heterocycles. The minimum absolute atomic E-state index is 0.148. The summed E-state index contributed by atoms with van der Waals surface area (Å²) < 4.78 is 1.98. The van der Waals surface area contributed by atoms with Crippen LogP contribution in [0.5, 0.6) is 0 Å². The first-order valence-corrected chi connectivity index (χ1v) is 7.65. The van der Waals surface area contributed by atoms with Crippen LogP contribution in [-0.4, -0.2) is 15.3 Å². The van der Waals surface area contributed by atoms with Crippen molar-refractivity contribution in [1.82, 2.24) is 14.7 Å². The first-order valence-electron chi connectivity index (χ1n) is 7.27. The van der Waals surface area contributed by atoms with E-state index in [1.54, 1.807) is 18.2 Å². The van der Waals surface area contributed by atoms with Crippen molar-refractivity contribution in [3.05, 3.63) is 76.7 Å².